The highest BCUT2D eigenvalue weighted by Crippen LogP contribution is 2.33. The number of anilines is 1. The molecule has 2 aromatic carbocycles. The lowest BCUT2D eigenvalue weighted by molar-refractivity contribution is -0.117. The highest BCUT2D eigenvalue weighted by molar-refractivity contribution is 6.33. The van der Waals surface area contributed by atoms with Gasteiger partial charge >= 0.3 is 0 Å². The maximum atomic E-state index is 13.4. The van der Waals surface area contributed by atoms with Crippen molar-refractivity contribution in [3.63, 3.8) is 0 Å². The fraction of sp³-hybridized carbons (Fsp3) is 0.143. The summed E-state index contributed by atoms with van der Waals surface area (Å²) in [6, 6.07) is 16.4. The van der Waals surface area contributed by atoms with Gasteiger partial charge in [0, 0.05) is 17.8 Å². The van der Waals surface area contributed by atoms with Gasteiger partial charge in [-0.1, -0.05) is 41.9 Å². The van der Waals surface area contributed by atoms with Gasteiger partial charge in [-0.3, -0.25) is 9.59 Å². The minimum atomic E-state index is -0.472. The number of nitrogens with one attached hydrogen (secondary N) is 1. The lowest BCUT2D eigenvalue weighted by Crippen LogP contribution is -2.19. The highest BCUT2D eigenvalue weighted by atomic mass is 35.5. The Labute approximate surface area is 160 Å². The second-order valence-electron chi connectivity index (χ2n) is 6.44. The number of nitrogens with zero attached hydrogens (tertiary/aromatic N) is 1. The average molecular weight is 383 g/mol. The first-order chi connectivity index (χ1) is 13.0. The zero-order valence-corrected chi connectivity index (χ0v) is 15.0. The van der Waals surface area contributed by atoms with E-state index in [-0.39, 0.29) is 22.4 Å². The van der Waals surface area contributed by atoms with Gasteiger partial charge in [-0.25, -0.2) is 4.39 Å². The SMILES string of the molecule is O=C(c1ccccc1)c1ccc2n1CCC2C(=O)Nc1cc(F)ccc1Cl. The van der Waals surface area contributed by atoms with Gasteiger partial charge in [0.05, 0.1) is 22.3 Å². The van der Waals surface area contributed by atoms with Crippen LogP contribution in [0.15, 0.2) is 60.7 Å². The Morgan fingerprint density at radius 1 is 1.07 bits per heavy atom. The van der Waals surface area contributed by atoms with Crippen molar-refractivity contribution in [1.29, 1.82) is 0 Å². The van der Waals surface area contributed by atoms with Crippen molar-refractivity contribution < 1.29 is 14.0 Å². The Morgan fingerprint density at radius 3 is 2.63 bits per heavy atom. The van der Waals surface area contributed by atoms with Crippen molar-refractivity contribution >= 4 is 29.0 Å². The Hall–Kier alpha value is -2.92. The number of ketones is 1. The zero-order chi connectivity index (χ0) is 19.0. The van der Waals surface area contributed by atoms with Crippen LogP contribution in [0.5, 0.6) is 0 Å². The summed E-state index contributed by atoms with van der Waals surface area (Å²) in [4.78, 5) is 25.4. The molecule has 1 atom stereocenters. The molecule has 27 heavy (non-hydrogen) atoms. The molecule has 4 rings (SSSR count). The van der Waals surface area contributed by atoms with Gasteiger partial charge in [0.25, 0.3) is 0 Å². The molecular formula is C21H16ClFN2O2. The highest BCUT2D eigenvalue weighted by Gasteiger charge is 2.32. The molecule has 136 valence electrons. The van der Waals surface area contributed by atoms with Crippen molar-refractivity contribution in [1.82, 2.24) is 4.57 Å². The van der Waals surface area contributed by atoms with E-state index < -0.39 is 11.7 Å². The van der Waals surface area contributed by atoms with Crippen LogP contribution in [0.4, 0.5) is 10.1 Å². The molecule has 1 N–H and O–H groups in total. The van der Waals surface area contributed by atoms with Crippen LogP contribution in [0.2, 0.25) is 5.02 Å². The maximum Gasteiger partial charge on any atom is 0.233 e. The molecule has 0 radical (unpaired) electrons. The smallest absolute Gasteiger partial charge is 0.233 e. The van der Waals surface area contributed by atoms with E-state index in [1.165, 1.54) is 18.2 Å². The molecule has 1 aliphatic heterocycles. The minimum Gasteiger partial charge on any atom is -0.341 e. The van der Waals surface area contributed by atoms with Gasteiger partial charge in [-0.2, -0.15) is 0 Å². The predicted octanol–water partition coefficient (Wildman–Crippen LogP) is 4.64. The Kier molecular flexibility index (Phi) is 4.54. The third-order valence-corrected chi connectivity index (χ3v) is 5.11. The summed E-state index contributed by atoms with van der Waals surface area (Å²) in [5.74, 6) is -1.23. The lowest BCUT2D eigenvalue weighted by Gasteiger charge is -2.12. The van der Waals surface area contributed by atoms with E-state index in [9.17, 15) is 14.0 Å². The van der Waals surface area contributed by atoms with Crippen LogP contribution in [-0.2, 0) is 11.3 Å². The summed E-state index contributed by atoms with van der Waals surface area (Å²) in [5.41, 5.74) is 2.19. The first-order valence-corrected chi connectivity index (χ1v) is 8.97. The number of rotatable bonds is 4. The molecule has 4 nitrogen and oxygen atoms in total. The molecule has 0 bridgehead atoms. The predicted molar refractivity (Wildman–Crippen MR) is 102 cm³/mol. The molecule has 0 saturated carbocycles. The Bertz CT molecular complexity index is 1030. The maximum absolute atomic E-state index is 13.4. The van der Waals surface area contributed by atoms with Gasteiger partial charge in [-0.05, 0) is 36.8 Å². The molecule has 1 aromatic heterocycles. The normalized spacial score (nSPS) is 15.4. The van der Waals surface area contributed by atoms with Crippen LogP contribution in [0.3, 0.4) is 0 Å². The number of fused-ring (bicyclic) bond motifs is 1. The van der Waals surface area contributed by atoms with Crippen molar-refractivity contribution in [3.05, 3.63) is 88.5 Å². The summed E-state index contributed by atoms with van der Waals surface area (Å²) >= 11 is 6.03. The van der Waals surface area contributed by atoms with E-state index in [0.717, 1.165) is 5.69 Å². The molecule has 0 aliphatic carbocycles. The monoisotopic (exact) mass is 382 g/mol. The first kappa shape index (κ1) is 17.5. The van der Waals surface area contributed by atoms with Crippen LogP contribution in [0.1, 0.15) is 34.1 Å². The van der Waals surface area contributed by atoms with Crippen LogP contribution < -0.4 is 5.32 Å². The van der Waals surface area contributed by atoms with E-state index in [0.29, 0.717) is 24.2 Å². The third kappa shape index (κ3) is 3.26. The molecule has 1 aliphatic rings. The topological polar surface area (TPSA) is 51.1 Å². The largest absolute Gasteiger partial charge is 0.341 e. The molecular weight excluding hydrogens is 367 g/mol. The van der Waals surface area contributed by atoms with E-state index in [4.69, 9.17) is 11.6 Å². The molecule has 1 unspecified atom stereocenters. The zero-order valence-electron chi connectivity index (χ0n) is 14.3. The number of halogens is 2. The van der Waals surface area contributed by atoms with Crippen molar-refractivity contribution in [2.75, 3.05) is 5.32 Å². The molecule has 0 saturated heterocycles. The fourth-order valence-corrected chi connectivity index (χ4v) is 3.62. The number of amides is 1. The second kappa shape index (κ2) is 7.00. The number of benzene rings is 2. The standard InChI is InChI=1S/C21H16ClFN2O2/c22-16-7-6-14(23)12-17(16)24-21(27)15-10-11-25-18(15)8-9-19(25)20(26)13-4-2-1-3-5-13/h1-9,12,15H,10-11H2,(H,24,27). The number of hydrogen-bond donors (Lipinski definition) is 1. The van der Waals surface area contributed by atoms with Crippen LogP contribution >= 0.6 is 11.6 Å². The van der Waals surface area contributed by atoms with E-state index in [1.807, 2.05) is 22.8 Å². The lowest BCUT2D eigenvalue weighted by atomic mass is 10.0. The Balaban J connectivity index is 1.58. The number of carbonyl (C=O) groups is 2. The fourth-order valence-electron chi connectivity index (χ4n) is 3.46. The van der Waals surface area contributed by atoms with Gasteiger partial charge in [0.2, 0.25) is 11.7 Å². The summed E-state index contributed by atoms with van der Waals surface area (Å²) in [6.07, 6.45) is 0.573. The number of carbonyl (C=O) groups excluding carboxylic acids is 2. The van der Waals surface area contributed by atoms with E-state index >= 15 is 0 Å². The van der Waals surface area contributed by atoms with E-state index in [2.05, 4.69) is 5.32 Å². The summed E-state index contributed by atoms with van der Waals surface area (Å²) in [5, 5.41) is 2.97. The average Bonchev–Trinajstić information content (AvgIpc) is 3.27. The first-order valence-electron chi connectivity index (χ1n) is 8.59. The van der Waals surface area contributed by atoms with E-state index in [1.54, 1.807) is 24.3 Å². The molecule has 0 fully saturated rings. The molecule has 6 heteroatoms. The summed E-state index contributed by atoms with van der Waals surface area (Å²) in [6.45, 7) is 0.575. The molecule has 2 heterocycles. The summed E-state index contributed by atoms with van der Waals surface area (Å²) in [7, 11) is 0. The molecule has 3 aromatic rings. The van der Waals surface area contributed by atoms with Gasteiger partial charge in [0.15, 0.2) is 0 Å². The van der Waals surface area contributed by atoms with Crippen LogP contribution in [0, 0.1) is 5.82 Å². The van der Waals surface area contributed by atoms with Crippen molar-refractivity contribution in [2.24, 2.45) is 0 Å². The van der Waals surface area contributed by atoms with Crippen molar-refractivity contribution in [2.45, 2.75) is 18.9 Å². The minimum absolute atomic E-state index is 0.0731. The van der Waals surface area contributed by atoms with Gasteiger partial charge < -0.3 is 9.88 Å². The molecule has 0 spiro atoms. The summed E-state index contributed by atoms with van der Waals surface area (Å²) < 4.78 is 15.3. The number of aromatic nitrogens is 1. The molecule has 1 amide bonds. The quantitative estimate of drug-likeness (QED) is 0.668. The number of hydrogen-bond acceptors (Lipinski definition) is 2. The van der Waals surface area contributed by atoms with Crippen LogP contribution in [0.25, 0.3) is 0 Å². The Morgan fingerprint density at radius 2 is 1.85 bits per heavy atom. The van der Waals surface area contributed by atoms with Crippen molar-refractivity contribution in [3.8, 4) is 0 Å². The third-order valence-electron chi connectivity index (χ3n) is 4.78. The second-order valence-corrected chi connectivity index (χ2v) is 6.85. The van der Waals surface area contributed by atoms with Crippen LogP contribution in [-0.4, -0.2) is 16.3 Å². The van der Waals surface area contributed by atoms with Gasteiger partial charge in [-0.15, -0.1) is 0 Å². The van der Waals surface area contributed by atoms with Gasteiger partial charge in [0.1, 0.15) is 5.82 Å².